The van der Waals surface area contributed by atoms with E-state index in [0.717, 1.165) is 42.9 Å². The third kappa shape index (κ3) is 2.60. The largest absolute Gasteiger partial charge is 0.489 e. The minimum Gasteiger partial charge on any atom is -0.489 e. The lowest BCUT2D eigenvalue weighted by Crippen LogP contribution is -2.24. The molecule has 1 saturated carbocycles. The summed E-state index contributed by atoms with van der Waals surface area (Å²) in [4.78, 5) is 0. The van der Waals surface area contributed by atoms with Gasteiger partial charge in [-0.25, -0.2) is 0 Å². The SMILES string of the molecule is N#CC1CCCCCC1Oc1ccc2c(c1)OCO2. The lowest BCUT2D eigenvalue weighted by molar-refractivity contribution is 0.151. The molecule has 1 heterocycles. The number of ether oxygens (including phenoxy) is 3. The maximum Gasteiger partial charge on any atom is 0.231 e. The van der Waals surface area contributed by atoms with Gasteiger partial charge in [-0.15, -0.1) is 0 Å². The van der Waals surface area contributed by atoms with E-state index in [0.29, 0.717) is 0 Å². The van der Waals surface area contributed by atoms with Crippen molar-refractivity contribution < 1.29 is 14.2 Å². The summed E-state index contributed by atoms with van der Waals surface area (Å²) in [5, 5.41) is 9.24. The first-order valence-corrected chi connectivity index (χ1v) is 6.83. The Kier molecular flexibility index (Phi) is 3.45. The van der Waals surface area contributed by atoms with E-state index >= 15 is 0 Å². The van der Waals surface area contributed by atoms with Crippen LogP contribution in [0.5, 0.6) is 17.2 Å². The monoisotopic (exact) mass is 259 g/mol. The van der Waals surface area contributed by atoms with Crippen LogP contribution in [0, 0.1) is 17.2 Å². The van der Waals surface area contributed by atoms with Gasteiger partial charge in [0.25, 0.3) is 0 Å². The molecule has 100 valence electrons. The molecule has 0 saturated heterocycles. The average molecular weight is 259 g/mol. The molecule has 0 radical (unpaired) electrons. The fourth-order valence-electron chi connectivity index (χ4n) is 2.69. The van der Waals surface area contributed by atoms with Gasteiger partial charge in [-0.1, -0.05) is 12.8 Å². The molecule has 1 aromatic carbocycles. The van der Waals surface area contributed by atoms with Crippen molar-refractivity contribution in [3.63, 3.8) is 0 Å². The maximum atomic E-state index is 9.24. The average Bonchev–Trinajstić information content (AvgIpc) is 2.78. The third-order valence-electron chi connectivity index (χ3n) is 3.75. The van der Waals surface area contributed by atoms with E-state index in [9.17, 15) is 5.26 Å². The number of rotatable bonds is 2. The van der Waals surface area contributed by atoms with Crippen LogP contribution in [0.25, 0.3) is 0 Å². The van der Waals surface area contributed by atoms with Gasteiger partial charge in [0.2, 0.25) is 6.79 Å². The summed E-state index contributed by atoms with van der Waals surface area (Å²) in [5.41, 5.74) is 0. The van der Waals surface area contributed by atoms with Crippen molar-refractivity contribution in [2.45, 2.75) is 38.2 Å². The van der Waals surface area contributed by atoms with Crippen LogP contribution in [0.15, 0.2) is 18.2 Å². The van der Waals surface area contributed by atoms with Gasteiger partial charge in [-0.3, -0.25) is 0 Å². The molecular weight excluding hydrogens is 242 g/mol. The van der Waals surface area contributed by atoms with Gasteiger partial charge in [-0.2, -0.15) is 5.26 Å². The van der Waals surface area contributed by atoms with E-state index in [-0.39, 0.29) is 18.8 Å². The fourth-order valence-corrected chi connectivity index (χ4v) is 2.69. The summed E-state index contributed by atoms with van der Waals surface area (Å²) in [6.07, 6.45) is 5.33. The Hall–Kier alpha value is -1.89. The third-order valence-corrected chi connectivity index (χ3v) is 3.75. The van der Waals surface area contributed by atoms with Gasteiger partial charge in [0.15, 0.2) is 11.5 Å². The second kappa shape index (κ2) is 5.40. The van der Waals surface area contributed by atoms with E-state index in [4.69, 9.17) is 14.2 Å². The second-order valence-corrected chi connectivity index (χ2v) is 5.04. The summed E-state index contributed by atoms with van der Waals surface area (Å²) >= 11 is 0. The molecule has 1 aliphatic heterocycles. The van der Waals surface area contributed by atoms with Crippen molar-refractivity contribution in [3.8, 4) is 23.3 Å². The van der Waals surface area contributed by atoms with Crippen LogP contribution in [-0.4, -0.2) is 12.9 Å². The number of hydrogen-bond donors (Lipinski definition) is 0. The molecule has 2 atom stereocenters. The Morgan fingerprint density at radius 1 is 1.11 bits per heavy atom. The van der Waals surface area contributed by atoms with Crippen LogP contribution in [0.3, 0.4) is 0 Å². The highest BCUT2D eigenvalue weighted by molar-refractivity contribution is 5.46. The summed E-state index contributed by atoms with van der Waals surface area (Å²) < 4.78 is 16.6. The van der Waals surface area contributed by atoms with Crippen LogP contribution in [0.1, 0.15) is 32.1 Å². The first-order chi connectivity index (χ1) is 9.36. The van der Waals surface area contributed by atoms with Crippen molar-refractivity contribution >= 4 is 0 Å². The number of benzene rings is 1. The van der Waals surface area contributed by atoms with Gasteiger partial charge in [-0.05, 0) is 31.4 Å². The molecule has 0 N–H and O–H groups in total. The smallest absolute Gasteiger partial charge is 0.231 e. The molecule has 3 rings (SSSR count). The zero-order valence-electron chi connectivity index (χ0n) is 10.8. The van der Waals surface area contributed by atoms with Crippen LogP contribution in [0.2, 0.25) is 0 Å². The maximum absolute atomic E-state index is 9.24. The molecule has 1 fully saturated rings. The quantitative estimate of drug-likeness (QED) is 0.765. The zero-order chi connectivity index (χ0) is 13.1. The van der Waals surface area contributed by atoms with Crippen molar-refractivity contribution in [1.29, 1.82) is 5.26 Å². The highest BCUT2D eigenvalue weighted by Crippen LogP contribution is 2.36. The standard InChI is InChI=1S/C15H17NO3/c16-9-11-4-2-1-3-5-13(11)19-12-6-7-14-15(8-12)18-10-17-14/h6-8,11,13H,1-5,10H2. The van der Waals surface area contributed by atoms with Crippen molar-refractivity contribution in [1.82, 2.24) is 0 Å². The van der Waals surface area contributed by atoms with Crippen LogP contribution in [-0.2, 0) is 0 Å². The van der Waals surface area contributed by atoms with E-state index in [2.05, 4.69) is 6.07 Å². The van der Waals surface area contributed by atoms with Crippen LogP contribution in [0.4, 0.5) is 0 Å². The summed E-state index contributed by atoms with van der Waals surface area (Å²) in [7, 11) is 0. The number of nitrogens with zero attached hydrogens (tertiary/aromatic N) is 1. The van der Waals surface area contributed by atoms with Gasteiger partial charge in [0.1, 0.15) is 11.9 Å². The van der Waals surface area contributed by atoms with E-state index in [1.54, 1.807) is 0 Å². The molecule has 0 amide bonds. The molecule has 0 spiro atoms. The normalized spacial score (nSPS) is 25.4. The fraction of sp³-hybridized carbons (Fsp3) is 0.533. The minimum atomic E-state index is -0.00660. The van der Waals surface area contributed by atoms with Crippen molar-refractivity contribution in [3.05, 3.63) is 18.2 Å². The first kappa shape index (κ1) is 12.2. The highest BCUT2D eigenvalue weighted by Gasteiger charge is 2.25. The number of fused-ring (bicyclic) bond motifs is 1. The first-order valence-electron chi connectivity index (χ1n) is 6.83. The van der Waals surface area contributed by atoms with Gasteiger partial charge in [0.05, 0.1) is 12.0 Å². The summed E-state index contributed by atoms with van der Waals surface area (Å²) in [5.74, 6) is 2.23. The Balaban J connectivity index is 1.74. The molecule has 4 heteroatoms. The lowest BCUT2D eigenvalue weighted by atomic mass is 9.99. The number of nitriles is 1. The van der Waals surface area contributed by atoms with Gasteiger partial charge >= 0.3 is 0 Å². The van der Waals surface area contributed by atoms with Crippen molar-refractivity contribution in [2.24, 2.45) is 5.92 Å². The molecular formula is C15H17NO3. The van der Waals surface area contributed by atoms with E-state index < -0.39 is 0 Å². The Labute approximate surface area is 112 Å². The molecule has 1 aliphatic carbocycles. The van der Waals surface area contributed by atoms with E-state index in [1.165, 1.54) is 6.42 Å². The van der Waals surface area contributed by atoms with Crippen LogP contribution >= 0.6 is 0 Å². The Morgan fingerprint density at radius 3 is 2.84 bits per heavy atom. The summed E-state index contributed by atoms with van der Waals surface area (Å²) in [6.45, 7) is 0.267. The molecule has 2 unspecified atom stereocenters. The van der Waals surface area contributed by atoms with E-state index in [1.807, 2.05) is 18.2 Å². The predicted molar refractivity (Wildman–Crippen MR) is 69.2 cm³/mol. The topological polar surface area (TPSA) is 51.5 Å². The Morgan fingerprint density at radius 2 is 1.95 bits per heavy atom. The lowest BCUT2D eigenvalue weighted by Gasteiger charge is -2.21. The predicted octanol–water partition coefficient (Wildman–Crippen LogP) is 3.27. The zero-order valence-corrected chi connectivity index (χ0v) is 10.8. The van der Waals surface area contributed by atoms with Crippen LogP contribution < -0.4 is 14.2 Å². The van der Waals surface area contributed by atoms with Gasteiger partial charge in [0, 0.05) is 6.07 Å². The number of hydrogen-bond acceptors (Lipinski definition) is 4. The minimum absolute atomic E-state index is 0.00655. The molecule has 1 aromatic rings. The molecule has 2 aliphatic rings. The Bertz CT molecular complexity index is 495. The molecule has 0 aromatic heterocycles. The molecule has 19 heavy (non-hydrogen) atoms. The molecule has 4 nitrogen and oxygen atoms in total. The molecule has 0 bridgehead atoms. The van der Waals surface area contributed by atoms with Gasteiger partial charge < -0.3 is 14.2 Å². The summed E-state index contributed by atoms with van der Waals surface area (Å²) in [6, 6.07) is 7.97. The highest BCUT2D eigenvalue weighted by atomic mass is 16.7. The van der Waals surface area contributed by atoms with Crippen molar-refractivity contribution in [2.75, 3.05) is 6.79 Å². The second-order valence-electron chi connectivity index (χ2n) is 5.04.